The van der Waals surface area contributed by atoms with Crippen molar-refractivity contribution in [3.63, 3.8) is 0 Å². The number of nitrogens with one attached hydrogen (secondary N) is 1. The lowest BCUT2D eigenvalue weighted by Gasteiger charge is -2.41. The van der Waals surface area contributed by atoms with Gasteiger partial charge in [0.15, 0.2) is 0 Å². The van der Waals surface area contributed by atoms with Crippen LogP contribution in [0.25, 0.3) is 11.0 Å². The number of hydrogen-bond donors (Lipinski definition) is 1. The van der Waals surface area contributed by atoms with E-state index in [1.54, 1.807) is 12.0 Å². The third-order valence-corrected chi connectivity index (χ3v) is 13.8. The van der Waals surface area contributed by atoms with Crippen LogP contribution in [0, 0.1) is 12.3 Å². The molecule has 2 aliphatic carbocycles. The highest BCUT2D eigenvalue weighted by atomic mass is 35.5. The second-order valence-corrected chi connectivity index (χ2v) is 16.7. The number of hydrogen-bond acceptors (Lipinski definition) is 10. The van der Waals surface area contributed by atoms with E-state index in [-0.39, 0.29) is 52.9 Å². The molecule has 272 valence electrons. The lowest BCUT2D eigenvalue weighted by molar-refractivity contribution is 0.0732. The molecule has 4 heterocycles. The van der Waals surface area contributed by atoms with E-state index in [9.17, 15) is 22.8 Å². The van der Waals surface area contributed by atoms with Crippen molar-refractivity contribution in [2.45, 2.75) is 63.7 Å². The van der Waals surface area contributed by atoms with Crippen molar-refractivity contribution in [3.8, 4) is 5.75 Å². The van der Waals surface area contributed by atoms with E-state index in [1.165, 1.54) is 29.6 Å². The first-order chi connectivity index (χ1) is 24.4. The summed E-state index contributed by atoms with van der Waals surface area (Å²) in [6.45, 7) is 5.27. The largest absolute Gasteiger partial charge is 0.496 e. The normalized spacial score (nSPS) is 25.9. The number of benzene rings is 2. The number of amides is 2. The minimum absolute atomic E-state index is 0.00114. The number of carbonyl (C=O) groups excluding carboxylic acids is 2. The van der Waals surface area contributed by atoms with Crippen molar-refractivity contribution in [3.05, 3.63) is 67.5 Å². The number of fused-ring (bicyclic) bond motifs is 4. The molecule has 1 spiro atoms. The SMILES string of the molecule is COC[C@H]1CN(c2cc(Cl)c3c4c(c(=O)oc3c2C)CN(C(=O)c2ccc(C(=O)NS(=O)(=O)N3C5CCC6(C5)CC36)c(OC)c2)CC4)CCN1C. The average Bonchev–Trinajstić information content (AvgIpc) is 3.54. The number of likely N-dealkylation sites (N-methyl/N-ethyl adjacent to an activating group) is 1. The second-order valence-electron chi connectivity index (χ2n) is 14.7. The van der Waals surface area contributed by atoms with E-state index < -0.39 is 21.7 Å². The molecule has 8 rings (SSSR count). The van der Waals surface area contributed by atoms with Crippen LogP contribution in [-0.2, 0) is 27.9 Å². The molecule has 5 aliphatic rings. The summed E-state index contributed by atoms with van der Waals surface area (Å²) in [5.41, 5.74) is 3.16. The molecule has 4 fully saturated rings. The first-order valence-corrected chi connectivity index (χ1v) is 19.2. The van der Waals surface area contributed by atoms with Crippen LogP contribution in [0.5, 0.6) is 5.75 Å². The molecule has 3 aliphatic heterocycles. The maximum absolute atomic E-state index is 13.8. The maximum atomic E-state index is 13.8. The highest BCUT2D eigenvalue weighted by molar-refractivity contribution is 7.87. The number of methoxy groups -OCH3 is 2. The van der Waals surface area contributed by atoms with Crippen LogP contribution in [-0.4, -0.2) is 107 Å². The van der Waals surface area contributed by atoms with Gasteiger partial charge in [0.1, 0.15) is 11.3 Å². The van der Waals surface area contributed by atoms with E-state index in [0.29, 0.717) is 41.1 Å². The Morgan fingerprint density at radius 2 is 1.92 bits per heavy atom. The molecule has 2 saturated heterocycles. The molecule has 0 radical (unpaired) electrons. The van der Waals surface area contributed by atoms with Gasteiger partial charge in [-0.25, -0.2) is 9.52 Å². The molecule has 15 heteroatoms. The monoisotopic (exact) mass is 739 g/mol. The van der Waals surface area contributed by atoms with Crippen LogP contribution < -0.4 is 20.0 Å². The Balaban J connectivity index is 1.01. The number of nitrogens with zero attached hydrogens (tertiary/aromatic N) is 4. The third-order valence-electron chi connectivity index (χ3n) is 11.9. The molecule has 1 N–H and O–H groups in total. The zero-order valence-corrected chi connectivity index (χ0v) is 30.7. The second kappa shape index (κ2) is 12.5. The molecule has 2 aromatic carbocycles. The number of rotatable bonds is 8. The third kappa shape index (κ3) is 5.61. The molecule has 2 amide bonds. The quantitative estimate of drug-likeness (QED) is 0.342. The van der Waals surface area contributed by atoms with Gasteiger partial charge in [0.25, 0.3) is 11.8 Å². The van der Waals surface area contributed by atoms with Crippen LogP contribution >= 0.6 is 11.6 Å². The first kappa shape index (κ1) is 34.4. The van der Waals surface area contributed by atoms with E-state index in [1.807, 2.05) is 13.0 Å². The fourth-order valence-electron chi connectivity index (χ4n) is 9.10. The number of ether oxygens (including phenoxy) is 2. The summed E-state index contributed by atoms with van der Waals surface area (Å²) >= 11 is 6.95. The summed E-state index contributed by atoms with van der Waals surface area (Å²) in [5, 5.41) is 1.18. The van der Waals surface area contributed by atoms with Gasteiger partial charge in [-0.3, -0.25) is 14.5 Å². The highest BCUT2D eigenvalue weighted by Crippen LogP contribution is 2.68. The average molecular weight is 740 g/mol. The van der Waals surface area contributed by atoms with Gasteiger partial charge < -0.3 is 23.7 Å². The Hall–Kier alpha value is -3.69. The predicted molar refractivity (Wildman–Crippen MR) is 191 cm³/mol. The van der Waals surface area contributed by atoms with Crippen molar-refractivity contribution < 1.29 is 31.9 Å². The summed E-state index contributed by atoms with van der Waals surface area (Å²) in [6.07, 6.45) is 3.94. The highest BCUT2D eigenvalue weighted by Gasteiger charge is 2.70. The maximum Gasteiger partial charge on any atom is 0.341 e. The number of anilines is 1. The van der Waals surface area contributed by atoms with Crippen LogP contribution in [0.3, 0.4) is 0 Å². The van der Waals surface area contributed by atoms with Gasteiger partial charge in [0.2, 0.25) is 0 Å². The lowest BCUT2D eigenvalue weighted by Crippen LogP contribution is -2.53. The Morgan fingerprint density at radius 3 is 2.65 bits per heavy atom. The van der Waals surface area contributed by atoms with Crippen molar-refractivity contribution in [1.29, 1.82) is 0 Å². The molecule has 4 atom stereocenters. The van der Waals surface area contributed by atoms with Gasteiger partial charge >= 0.3 is 15.8 Å². The minimum Gasteiger partial charge on any atom is -0.496 e. The zero-order valence-electron chi connectivity index (χ0n) is 29.2. The van der Waals surface area contributed by atoms with Crippen molar-refractivity contribution in [1.82, 2.24) is 18.8 Å². The van der Waals surface area contributed by atoms with Crippen molar-refractivity contribution >= 4 is 50.3 Å². The van der Waals surface area contributed by atoms with Crippen molar-refractivity contribution in [2.24, 2.45) is 5.41 Å². The van der Waals surface area contributed by atoms with E-state index in [4.69, 9.17) is 25.5 Å². The van der Waals surface area contributed by atoms with Gasteiger partial charge in [0, 0.05) is 67.6 Å². The minimum atomic E-state index is -4.04. The van der Waals surface area contributed by atoms with Crippen molar-refractivity contribution in [2.75, 3.05) is 59.0 Å². The van der Waals surface area contributed by atoms with Gasteiger partial charge in [-0.15, -0.1) is 0 Å². The summed E-state index contributed by atoms with van der Waals surface area (Å²) in [7, 11) is 1.09. The van der Waals surface area contributed by atoms with Gasteiger partial charge in [-0.05, 0) is 81.3 Å². The molecule has 3 aromatic rings. The summed E-state index contributed by atoms with van der Waals surface area (Å²) in [6, 6.07) is 6.33. The molecule has 13 nitrogen and oxygen atoms in total. The standard InChI is InChI=1S/C36H42ClN5O8S/c1-20-28(40-12-11-39(2)23(17-40)19-48-3)14-27(37)31-24-8-10-41(18-26(24)35(45)50-32(20)31)34(44)21-5-6-25(29(13-21)49-4)33(43)38-51(46,47)42-22-7-9-36(15-22)16-30(36)42/h5-6,13-14,22-23,30H,7-12,15-19H2,1-4H3,(H,38,43)/t22?,23-,30?,36?/m1/s1. The zero-order chi connectivity index (χ0) is 36.0. The first-order valence-electron chi connectivity index (χ1n) is 17.4. The smallest absolute Gasteiger partial charge is 0.341 e. The lowest BCUT2D eigenvalue weighted by atomic mass is 9.95. The topological polar surface area (TPSA) is 142 Å². The predicted octanol–water partition coefficient (Wildman–Crippen LogP) is 3.33. The Kier molecular flexibility index (Phi) is 8.41. The number of halogens is 1. The van der Waals surface area contributed by atoms with Gasteiger partial charge in [-0.2, -0.15) is 12.7 Å². The number of aryl methyl sites for hydroxylation is 1. The van der Waals surface area contributed by atoms with Crippen LogP contribution in [0.4, 0.5) is 5.69 Å². The number of carbonyl (C=O) groups is 2. The molecule has 51 heavy (non-hydrogen) atoms. The molecule has 2 bridgehead atoms. The molecule has 3 unspecified atom stereocenters. The van der Waals surface area contributed by atoms with Gasteiger partial charge in [-0.1, -0.05) is 11.6 Å². The number of piperidine rings is 2. The Morgan fingerprint density at radius 1 is 1.12 bits per heavy atom. The van der Waals surface area contributed by atoms with E-state index in [0.717, 1.165) is 62.1 Å². The molecule has 2 saturated carbocycles. The Bertz CT molecular complexity index is 2140. The summed E-state index contributed by atoms with van der Waals surface area (Å²) < 4.78 is 47.0. The van der Waals surface area contributed by atoms with Gasteiger partial charge in [0.05, 0.1) is 42.5 Å². The Labute approximate surface area is 301 Å². The molecular formula is C36H42ClN5O8S. The van der Waals surface area contributed by atoms with Crippen LogP contribution in [0.1, 0.15) is 63.1 Å². The van der Waals surface area contributed by atoms with E-state index >= 15 is 0 Å². The number of piperazine rings is 1. The fraction of sp³-hybridized carbons (Fsp3) is 0.528. The molecular weight excluding hydrogens is 698 g/mol. The summed E-state index contributed by atoms with van der Waals surface area (Å²) in [4.78, 5) is 46.6. The van der Waals surface area contributed by atoms with Crippen LogP contribution in [0.2, 0.25) is 5.02 Å². The van der Waals surface area contributed by atoms with Crippen LogP contribution in [0.15, 0.2) is 33.5 Å². The molecule has 1 aromatic heterocycles. The summed E-state index contributed by atoms with van der Waals surface area (Å²) in [5.74, 6) is -1.13. The fourth-order valence-corrected chi connectivity index (χ4v) is 11.1. The van der Waals surface area contributed by atoms with E-state index in [2.05, 4.69) is 21.6 Å².